The highest BCUT2D eigenvalue weighted by Crippen LogP contribution is 2.53. The Morgan fingerprint density at radius 3 is 2.43 bits per heavy atom. The fraction of sp³-hybridized carbons (Fsp3) is 0.554. The molecular weight excluding hydrogens is 978 g/mol. The predicted molar refractivity (Wildman–Crippen MR) is 285 cm³/mol. The zero-order chi connectivity index (χ0) is 52.6. The molecule has 3 aliphatic carbocycles. The van der Waals surface area contributed by atoms with E-state index in [1.807, 2.05) is 7.11 Å². The number of aromatic amines is 1. The van der Waals surface area contributed by atoms with Crippen LogP contribution in [-0.4, -0.2) is 120 Å². The summed E-state index contributed by atoms with van der Waals surface area (Å²) in [5.41, 5.74) is 2.75. The summed E-state index contributed by atoms with van der Waals surface area (Å²) in [4.78, 5) is 44.0. The number of sulfonamides is 1. The second-order valence-electron chi connectivity index (χ2n) is 22.8. The average molecular weight is 1050 g/mol. The number of benzene rings is 2. The van der Waals surface area contributed by atoms with E-state index in [4.69, 9.17) is 9.47 Å². The first-order chi connectivity index (χ1) is 35.9. The molecule has 1 atom stereocenters. The molecule has 1 amide bonds. The molecule has 0 unspecified atom stereocenters. The first kappa shape index (κ1) is 52.7. The number of halogens is 1. The van der Waals surface area contributed by atoms with Gasteiger partial charge in [-0.05, 0) is 136 Å². The van der Waals surface area contributed by atoms with Gasteiger partial charge in [0.25, 0.3) is 15.9 Å². The third kappa shape index (κ3) is 11.7. The fourth-order valence-corrected chi connectivity index (χ4v) is 13.7. The Hall–Kier alpha value is -5.73. The third-order valence-corrected chi connectivity index (χ3v) is 18.6. The molecule has 5 aliphatic rings. The molecule has 2 aromatic carbocycles. The minimum absolute atomic E-state index is 0.0173. The number of aromatic nitrogens is 3. The zero-order valence-electron chi connectivity index (χ0n) is 43.6. The summed E-state index contributed by atoms with van der Waals surface area (Å²) in [6, 6.07) is 17.2. The maximum absolute atomic E-state index is 14.7. The molecule has 0 radical (unpaired) electrons. The number of pyridine rings is 2. The molecule has 4 N–H and O–H groups in total. The Bertz CT molecular complexity index is 2970. The van der Waals surface area contributed by atoms with Gasteiger partial charge in [0.2, 0.25) is 5.82 Å². The summed E-state index contributed by atoms with van der Waals surface area (Å²) in [5, 5.41) is 25.7. The standard InChI is InChI=1S/C56H72FN9O8S/c1-36(2)44-7-5-6-8-45(44)50-35-63(34-38-9-12-41(73-4)13-10-38)23-24-65(50)40-28-56(29-40)19-21-64(22-20-56)39-11-14-46(51(25-39)74-42-26-47-48(57)33-61-52(47)59-31-42)54(67)62-75(71,72)43-27-49(66(69)70)53(60-32-43)58-30-37-15-17-55(3,68)18-16-37/h5-8,11,14,25-27,31-33,36-38,40-41,50,68H,9-10,12-13,15-24,28-30,34-35H2,1-4H3,(H,58,60)(H,59,61)(H,62,67)/t37?,38?,41?,50-,55?/m0/s1. The third-order valence-electron chi connectivity index (χ3n) is 17.3. The van der Waals surface area contributed by atoms with Crippen molar-refractivity contribution in [3.8, 4) is 11.5 Å². The second-order valence-corrected chi connectivity index (χ2v) is 24.4. The van der Waals surface area contributed by atoms with Crippen LogP contribution in [0.2, 0.25) is 0 Å². The number of piperazine rings is 1. The van der Waals surface area contributed by atoms with Gasteiger partial charge in [0.15, 0.2) is 0 Å². The lowest BCUT2D eigenvalue weighted by atomic mass is 9.59. The van der Waals surface area contributed by atoms with E-state index in [2.05, 4.69) is 77.8 Å². The van der Waals surface area contributed by atoms with Crippen LogP contribution in [0.15, 0.2) is 78.1 Å². The lowest BCUT2D eigenvalue weighted by Gasteiger charge is -2.58. The molecule has 17 nitrogen and oxygen atoms in total. The van der Waals surface area contributed by atoms with E-state index in [1.54, 1.807) is 19.1 Å². The number of hydrogen-bond donors (Lipinski definition) is 4. The molecule has 2 saturated heterocycles. The molecule has 0 bridgehead atoms. The molecular formula is C56H72FN9O8S. The van der Waals surface area contributed by atoms with Crippen molar-refractivity contribution >= 4 is 44.2 Å². The van der Waals surface area contributed by atoms with Gasteiger partial charge in [-0.1, -0.05) is 38.1 Å². The SMILES string of the molecule is COC1CCC(CN2CCN(C3CC4(CCN(c5ccc(C(=O)NS(=O)(=O)c6cnc(NCC7CCC(C)(O)CC7)c([N+](=O)[O-])c6)c(Oc6cnc7[nH]cc(F)c7c6)c5)CC4)C3)[C@H](c3ccccc3C(C)C)C2)CC1. The summed E-state index contributed by atoms with van der Waals surface area (Å²) in [7, 11) is -2.86. The van der Waals surface area contributed by atoms with Gasteiger partial charge in [-0.2, -0.15) is 0 Å². The van der Waals surface area contributed by atoms with E-state index in [1.165, 1.54) is 48.5 Å². The van der Waals surface area contributed by atoms with E-state index in [0.717, 1.165) is 109 Å². The van der Waals surface area contributed by atoms with Crippen LogP contribution in [0.25, 0.3) is 11.0 Å². The molecule has 5 heterocycles. The highest BCUT2D eigenvalue weighted by molar-refractivity contribution is 7.90. The maximum atomic E-state index is 14.7. The van der Waals surface area contributed by atoms with Crippen molar-refractivity contribution < 1.29 is 37.1 Å². The van der Waals surface area contributed by atoms with Crippen LogP contribution in [0.5, 0.6) is 11.5 Å². The number of nitrogens with one attached hydrogen (secondary N) is 3. The topological polar surface area (TPSA) is 208 Å². The van der Waals surface area contributed by atoms with Crippen LogP contribution >= 0.6 is 0 Å². The summed E-state index contributed by atoms with van der Waals surface area (Å²) >= 11 is 0. The lowest BCUT2D eigenvalue weighted by Crippen LogP contribution is -2.60. The van der Waals surface area contributed by atoms with Crippen LogP contribution in [0, 0.1) is 33.2 Å². The fourth-order valence-electron chi connectivity index (χ4n) is 12.8. The van der Waals surface area contributed by atoms with Crippen molar-refractivity contribution in [3.05, 3.63) is 106 Å². The smallest absolute Gasteiger partial charge is 0.312 e. The monoisotopic (exact) mass is 1050 g/mol. The van der Waals surface area contributed by atoms with E-state index < -0.39 is 42.9 Å². The Labute approximate surface area is 439 Å². The van der Waals surface area contributed by atoms with E-state index in [-0.39, 0.29) is 39.6 Å². The largest absolute Gasteiger partial charge is 0.455 e. The summed E-state index contributed by atoms with van der Waals surface area (Å²) < 4.78 is 56.4. The minimum Gasteiger partial charge on any atom is -0.455 e. The summed E-state index contributed by atoms with van der Waals surface area (Å²) in [6.07, 6.45) is 15.6. The summed E-state index contributed by atoms with van der Waals surface area (Å²) in [6.45, 7) is 12.6. The van der Waals surface area contributed by atoms with Crippen LogP contribution in [-0.2, 0) is 14.8 Å². The first-order valence-corrected chi connectivity index (χ1v) is 28.4. The van der Waals surface area contributed by atoms with Crippen molar-refractivity contribution in [2.45, 2.75) is 132 Å². The van der Waals surface area contributed by atoms with Crippen molar-refractivity contribution in [2.75, 3.05) is 63.1 Å². The number of aliphatic hydroxyl groups is 1. The number of ether oxygens (including phenoxy) is 2. The molecule has 10 rings (SSSR count). The maximum Gasteiger partial charge on any atom is 0.312 e. The molecule has 402 valence electrons. The van der Waals surface area contributed by atoms with E-state index in [0.29, 0.717) is 55.1 Å². The van der Waals surface area contributed by atoms with Crippen molar-refractivity contribution in [1.82, 2.24) is 29.5 Å². The second kappa shape index (κ2) is 21.7. The Kier molecular flexibility index (Phi) is 15.3. The minimum atomic E-state index is -4.70. The predicted octanol–water partition coefficient (Wildman–Crippen LogP) is 9.71. The number of anilines is 2. The van der Waals surface area contributed by atoms with E-state index in [9.17, 15) is 32.8 Å². The van der Waals surface area contributed by atoms with Gasteiger partial charge in [-0.25, -0.2) is 27.5 Å². The number of hydrogen-bond acceptors (Lipinski definition) is 14. The number of carbonyl (C=O) groups is 1. The van der Waals surface area contributed by atoms with Crippen LogP contribution < -0.4 is 19.7 Å². The van der Waals surface area contributed by atoms with Gasteiger partial charge in [0.05, 0.1) is 40.0 Å². The first-order valence-electron chi connectivity index (χ1n) is 26.9. The van der Waals surface area contributed by atoms with Gasteiger partial charge < -0.3 is 29.8 Å². The van der Waals surface area contributed by atoms with E-state index >= 15 is 0 Å². The molecule has 3 aromatic heterocycles. The van der Waals surface area contributed by atoms with Crippen LogP contribution in [0.3, 0.4) is 0 Å². The quantitative estimate of drug-likeness (QED) is 0.0536. The molecule has 19 heteroatoms. The normalized spacial score (nSPS) is 24.8. The van der Waals surface area contributed by atoms with Gasteiger partial charge in [0.1, 0.15) is 27.9 Å². The van der Waals surface area contributed by atoms with Gasteiger partial charge in [-0.15, -0.1) is 0 Å². The van der Waals surface area contributed by atoms with Crippen LogP contribution in [0.1, 0.15) is 131 Å². The Morgan fingerprint density at radius 2 is 1.71 bits per heavy atom. The highest BCUT2D eigenvalue weighted by atomic mass is 32.2. The Morgan fingerprint density at radius 1 is 0.960 bits per heavy atom. The molecule has 5 aromatic rings. The molecule has 3 saturated carbocycles. The number of methoxy groups -OCH3 is 1. The van der Waals surface area contributed by atoms with Crippen molar-refractivity contribution in [2.24, 2.45) is 17.3 Å². The number of nitro groups is 1. The zero-order valence-corrected chi connectivity index (χ0v) is 44.4. The van der Waals surface area contributed by atoms with Crippen molar-refractivity contribution in [3.63, 3.8) is 0 Å². The number of carbonyl (C=O) groups excluding carboxylic acids is 1. The van der Waals surface area contributed by atoms with Gasteiger partial charge >= 0.3 is 5.69 Å². The average Bonchev–Trinajstić information content (AvgIpc) is 3.76. The lowest BCUT2D eigenvalue weighted by molar-refractivity contribution is -0.384. The summed E-state index contributed by atoms with van der Waals surface area (Å²) in [5.74, 6) is -0.256. The van der Waals surface area contributed by atoms with Gasteiger partial charge in [0, 0.05) is 89.0 Å². The number of amides is 1. The molecule has 2 aliphatic heterocycles. The number of piperidine rings is 1. The number of H-pyrrole nitrogens is 1. The molecule has 5 fully saturated rings. The number of nitrogens with zero attached hydrogens (tertiary/aromatic N) is 6. The molecule has 1 spiro atoms. The van der Waals surface area contributed by atoms with Crippen molar-refractivity contribution in [1.29, 1.82) is 0 Å². The van der Waals surface area contributed by atoms with Gasteiger partial charge in [-0.3, -0.25) is 24.7 Å². The number of rotatable bonds is 16. The molecule has 75 heavy (non-hydrogen) atoms. The Balaban J connectivity index is 0.830. The highest BCUT2D eigenvalue weighted by Gasteiger charge is 2.50. The van der Waals surface area contributed by atoms with Crippen LogP contribution in [0.4, 0.5) is 21.6 Å². The number of fused-ring (bicyclic) bond motifs is 1.